The zero-order chi connectivity index (χ0) is 22.9. The van der Waals surface area contributed by atoms with Gasteiger partial charge in [0.2, 0.25) is 0 Å². The number of alkyl halides is 3. The van der Waals surface area contributed by atoms with Crippen molar-refractivity contribution in [3.05, 3.63) is 71.5 Å². The lowest BCUT2D eigenvalue weighted by atomic mass is 10.2. The molecular formula is C23H24F3N5O. The number of benzene rings is 2. The molecule has 0 bridgehead atoms. The predicted octanol–water partition coefficient (Wildman–Crippen LogP) is 4.20. The standard InChI is InChI=1S/C23H24F3N5O/c1-16-3-7-19(8-4-16)31-21(23(24,25)26)20(15-27-31)22(32)28-17-5-9-18(10-6-17)30-13-11-29(2)12-14-30/h3-10,15H,11-14H2,1-2H3,(H,28,32). The summed E-state index contributed by atoms with van der Waals surface area (Å²) in [6.07, 6.45) is -3.80. The molecule has 0 atom stereocenters. The average Bonchev–Trinajstić information content (AvgIpc) is 3.21. The second-order valence-corrected chi connectivity index (χ2v) is 7.94. The summed E-state index contributed by atoms with van der Waals surface area (Å²) in [6.45, 7) is 5.56. The third kappa shape index (κ3) is 4.62. The fourth-order valence-corrected chi connectivity index (χ4v) is 3.69. The number of nitrogens with one attached hydrogen (secondary N) is 1. The molecule has 1 N–H and O–H groups in total. The lowest BCUT2D eigenvalue weighted by Crippen LogP contribution is -2.44. The Balaban J connectivity index is 1.55. The minimum atomic E-state index is -4.75. The molecule has 3 aromatic rings. The van der Waals surface area contributed by atoms with E-state index in [0.717, 1.165) is 48.3 Å². The van der Waals surface area contributed by atoms with Crippen molar-refractivity contribution < 1.29 is 18.0 Å². The van der Waals surface area contributed by atoms with Crippen LogP contribution in [-0.2, 0) is 6.18 Å². The molecule has 1 aliphatic rings. The first-order valence-electron chi connectivity index (χ1n) is 10.3. The maximum absolute atomic E-state index is 13.8. The van der Waals surface area contributed by atoms with Crippen molar-refractivity contribution in [3.8, 4) is 5.69 Å². The second kappa shape index (κ2) is 8.66. The van der Waals surface area contributed by atoms with Crippen LogP contribution in [0.5, 0.6) is 0 Å². The number of aromatic nitrogens is 2. The molecule has 1 amide bonds. The van der Waals surface area contributed by atoms with Crippen molar-refractivity contribution in [2.24, 2.45) is 0 Å². The highest BCUT2D eigenvalue weighted by Crippen LogP contribution is 2.34. The summed E-state index contributed by atoms with van der Waals surface area (Å²) >= 11 is 0. The van der Waals surface area contributed by atoms with Gasteiger partial charge in [-0.2, -0.15) is 18.3 Å². The number of amides is 1. The highest BCUT2D eigenvalue weighted by molar-refractivity contribution is 6.05. The van der Waals surface area contributed by atoms with Gasteiger partial charge in [-0.25, -0.2) is 4.68 Å². The molecule has 1 saturated heterocycles. The molecule has 32 heavy (non-hydrogen) atoms. The topological polar surface area (TPSA) is 53.4 Å². The van der Waals surface area contributed by atoms with Gasteiger partial charge in [0, 0.05) is 37.6 Å². The molecule has 168 valence electrons. The van der Waals surface area contributed by atoms with E-state index in [1.54, 1.807) is 24.3 Å². The van der Waals surface area contributed by atoms with E-state index in [1.165, 1.54) is 12.1 Å². The van der Waals surface area contributed by atoms with Crippen molar-refractivity contribution in [2.75, 3.05) is 43.4 Å². The van der Waals surface area contributed by atoms with Gasteiger partial charge in [-0.1, -0.05) is 17.7 Å². The number of carbonyl (C=O) groups excluding carboxylic acids is 1. The molecule has 2 aromatic carbocycles. The largest absolute Gasteiger partial charge is 0.434 e. The van der Waals surface area contributed by atoms with Crippen LogP contribution in [0.15, 0.2) is 54.7 Å². The van der Waals surface area contributed by atoms with E-state index in [4.69, 9.17) is 0 Å². The van der Waals surface area contributed by atoms with Gasteiger partial charge >= 0.3 is 6.18 Å². The highest BCUT2D eigenvalue weighted by Gasteiger charge is 2.40. The Morgan fingerprint density at radius 2 is 1.53 bits per heavy atom. The van der Waals surface area contributed by atoms with Crippen LogP contribution in [0.2, 0.25) is 0 Å². The number of anilines is 2. The van der Waals surface area contributed by atoms with Crippen LogP contribution in [0.1, 0.15) is 21.6 Å². The highest BCUT2D eigenvalue weighted by atomic mass is 19.4. The average molecular weight is 443 g/mol. The summed E-state index contributed by atoms with van der Waals surface area (Å²) < 4.78 is 42.3. The summed E-state index contributed by atoms with van der Waals surface area (Å²) in [5.41, 5.74) is 0.948. The number of aryl methyl sites for hydroxylation is 1. The van der Waals surface area contributed by atoms with Crippen molar-refractivity contribution >= 4 is 17.3 Å². The van der Waals surface area contributed by atoms with Gasteiger partial charge < -0.3 is 15.1 Å². The minimum Gasteiger partial charge on any atom is -0.369 e. The molecule has 4 rings (SSSR count). The zero-order valence-electron chi connectivity index (χ0n) is 17.9. The molecular weight excluding hydrogens is 419 g/mol. The van der Waals surface area contributed by atoms with E-state index in [0.29, 0.717) is 5.69 Å². The lowest BCUT2D eigenvalue weighted by molar-refractivity contribution is -0.143. The zero-order valence-corrected chi connectivity index (χ0v) is 17.9. The molecule has 1 aromatic heterocycles. The monoisotopic (exact) mass is 443 g/mol. The fourth-order valence-electron chi connectivity index (χ4n) is 3.69. The summed E-state index contributed by atoms with van der Waals surface area (Å²) in [4.78, 5) is 17.2. The van der Waals surface area contributed by atoms with Crippen LogP contribution in [-0.4, -0.2) is 53.8 Å². The number of hydrogen-bond donors (Lipinski definition) is 1. The molecule has 1 aliphatic heterocycles. The van der Waals surface area contributed by atoms with Gasteiger partial charge in [0.15, 0.2) is 5.69 Å². The van der Waals surface area contributed by atoms with E-state index >= 15 is 0 Å². The molecule has 1 fully saturated rings. The Bertz CT molecular complexity index is 1080. The molecule has 6 nitrogen and oxygen atoms in total. The summed E-state index contributed by atoms with van der Waals surface area (Å²) in [7, 11) is 2.08. The molecule has 0 unspecified atom stereocenters. The molecule has 0 spiro atoms. The molecule has 0 aliphatic carbocycles. The Labute approximate surface area is 184 Å². The third-order valence-corrected chi connectivity index (χ3v) is 5.55. The number of likely N-dealkylation sites (N-methyl/N-ethyl adjacent to an activating group) is 1. The first kappa shape index (κ1) is 21.9. The smallest absolute Gasteiger partial charge is 0.369 e. The van der Waals surface area contributed by atoms with Crippen LogP contribution < -0.4 is 10.2 Å². The summed E-state index contributed by atoms with van der Waals surface area (Å²) in [5.74, 6) is -0.858. The van der Waals surface area contributed by atoms with Gasteiger partial charge in [0.25, 0.3) is 5.91 Å². The number of rotatable bonds is 4. The Morgan fingerprint density at radius 3 is 2.12 bits per heavy atom. The Hall–Kier alpha value is -3.33. The third-order valence-electron chi connectivity index (χ3n) is 5.55. The Kier molecular flexibility index (Phi) is 5.92. The number of hydrogen-bond acceptors (Lipinski definition) is 4. The van der Waals surface area contributed by atoms with Gasteiger partial charge in [0.05, 0.1) is 17.4 Å². The first-order valence-corrected chi connectivity index (χ1v) is 10.3. The quantitative estimate of drug-likeness (QED) is 0.657. The summed E-state index contributed by atoms with van der Waals surface area (Å²) in [5, 5.41) is 6.41. The lowest BCUT2D eigenvalue weighted by Gasteiger charge is -2.34. The molecule has 0 saturated carbocycles. The fraction of sp³-hybridized carbons (Fsp3) is 0.304. The maximum Gasteiger partial charge on any atom is 0.434 e. The van der Waals surface area contributed by atoms with Crippen LogP contribution in [0.4, 0.5) is 24.5 Å². The van der Waals surface area contributed by atoms with Crippen LogP contribution in [0.25, 0.3) is 5.69 Å². The van der Waals surface area contributed by atoms with E-state index in [1.807, 2.05) is 19.1 Å². The van der Waals surface area contributed by atoms with Crippen molar-refractivity contribution in [3.63, 3.8) is 0 Å². The number of piperazine rings is 1. The van der Waals surface area contributed by atoms with Gasteiger partial charge in [-0.05, 0) is 50.4 Å². The van der Waals surface area contributed by atoms with Crippen LogP contribution >= 0.6 is 0 Å². The van der Waals surface area contributed by atoms with Crippen molar-refractivity contribution in [1.29, 1.82) is 0 Å². The predicted molar refractivity (Wildman–Crippen MR) is 117 cm³/mol. The van der Waals surface area contributed by atoms with Crippen LogP contribution in [0.3, 0.4) is 0 Å². The maximum atomic E-state index is 13.8. The number of nitrogens with zero attached hydrogens (tertiary/aromatic N) is 4. The Morgan fingerprint density at radius 1 is 0.938 bits per heavy atom. The molecule has 9 heteroatoms. The number of halogens is 3. The normalized spacial score (nSPS) is 15.1. The van der Waals surface area contributed by atoms with Gasteiger partial charge in [0.1, 0.15) is 0 Å². The van der Waals surface area contributed by atoms with Crippen LogP contribution in [0, 0.1) is 6.92 Å². The van der Waals surface area contributed by atoms with Gasteiger partial charge in [-0.3, -0.25) is 4.79 Å². The van der Waals surface area contributed by atoms with E-state index in [9.17, 15) is 18.0 Å². The minimum absolute atomic E-state index is 0.235. The van der Waals surface area contributed by atoms with E-state index in [-0.39, 0.29) is 5.69 Å². The van der Waals surface area contributed by atoms with E-state index in [2.05, 4.69) is 27.3 Å². The van der Waals surface area contributed by atoms with Crippen molar-refractivity contribution in [2.45, 2.75) is 13.1 Å². The van der Waals surface area contributed by atoms with E-state index < -0.39 is 23.3 Å². The first-order chi connectivity index (χ1) is 15.2. The molecule has 2 heterocycles. The van der Waals surface area contributed by atoms with Gasteiger partial charge in [-0.15, -0.1) is 0 Å². The molecule has 0 radical (unpaired) electrons. The summed E-state index contributed by atoms with van der Waals surface area (Å²) in [6, 6.07) is 13.6. The second-order valence-electron chi connectivity index (χ2n) is 7.94. The van der Waals surface area contributed by atoms with Crippen molar-refractivity contribution in [1.82, 2.24) is 14.7 Å². The number of carbonyl (C=O) groups is 1. The SMILES string of the molecule is Cc1ccc(-n2ncc(C(=O)Nc3ccc(N4CCN(C)CC4)cc3)c2C(F)(F)F)cc1.